The highest BCUT2D eigenvalue weighted by Crippen LogP contribution is 2.07. The maximum absolute atomic E-state index is 12.9. The minimum absolute atomic E-state index is 0.127. The maximum atomic E-state index is 12.9. The molecule has 0 radical (unpaired) electrons. The third-order valence-corrected chi connectivity index (χ3v) is 2.18. The molecule has 0 aromatic carbocycles. The smallest absolute Gasteiger partial charge is 0.198 e. The molecule has 0 fully saturated rings. The molecule has 0 aliphatic carbocycles. The first-order valence-corrected chi connectivity index (χ1v) is 5.77. The van der Waals surface area contributed by atoms with Crippen LogP contribution in [-0.4, -0.2) is 30.6 Å². The third-order valence-electron chi connectivity index (χ3n) is 1.92. The number of aliphatic hydroxyl groups excluding tert-OH is 1. The molecule has 0 saturated carbocycles. The van der Waals surface area contributed by atoms with Gasteiger partial charge < -0.3 is 9.84 Å². The van der Waals surface area contributed by atoms with Crippen molar-refractivity contribution >= 4 is 11.6 Å². The van der Waals surface area contributed by atoms with Crippen molar-refractivity contribution in [1.29, 1.82) is 0 Å². The Morgan fingerprint density at radius 3 is 2.57 bits per heavy atom. The summed E-state index contributed by atoms with van der Waals surface area (Å²) in [5.74, 6) is 0.662. The van der Waals surface area contributed by atoms with Crippen LogP contribution in [0.2, 0.25) is 0 Å². The standard InChI is InChI=1S/C10H20ClFO2/c11-7-3-1-5-9-14-10(12)6-2-4-8-13/h10,13H,1-9H2. The molecule has 0 amide bonds. The van der Waals surface area contributed by atoms with Crippen molar-refractivity contribution in [3.63, 3.8) is 0 Å². The second-order valence-corrected chi connectivity index (χ2v) is 3.63. The number of aliphatic hydroxyl groups is 1. The van der Waals surface area contributed by atoms with Crippen LogP contribution < -0.4 is 0 Å². The Balaban J connectivity index is 3.06. The third kappa shape index (κ3) is 10.2. The molecule has 0 heterocycles. The Morgan fingerprint density at radius 1 is 1.14 bits per heavy atom. The molecule has 0 bridgehead atoms. The predicted molar refractivity (Wildman–Crippen MR) is 56.4 cm³/mol. The van der Waals surface area contributed by atoms with Crippen molar-refractivity contribution < 1.29 is 14.2 Å². The first kappa shape index (κ1) is 14.1. The molecule has 1 N–H and O–H groups in total. The molecular weight excluding hydrogens is 207 g/mol. The fourth-order valence-corrected chi connectivity index (χ4v) is 1.27. The quantitative estimate of drug-likeness (QED) is 0.459. The van der Waals surface area contributed by atoms with Crippen molar-refractivity contribution in [2.45, 2.75) is 44.9 Å². The molecule has 0 aromatic heterocycles. The van der Waals surface area contributed by atoms with E-state index in [1.807, 2.05) is 0 Å². The highest BCUT2D eigenvalue weighted by atomic mass is 35.5. The van der Waals surface area contributed by atoms with Crippen LogP contribution in [0.4, 0.5) is 4.39 Å². The molecule has 0 aliphatic heterocycles. The van der Waals surface area contributed by atoms with Crippen LogP contribution in [0.15, 0.2) is 0 Å². The van der Waals surface area contributed by atoms with Gasteiger partial charge in [-0.05, 0) is 32.1 Å². The summed E-state index contributed by atoms with van der Waals surface area (Å²) >= 11 is 5.49. The highest BCUT2D eigenvalue weighted by Gasteiger charge is 2.04. The van der Waals surface area contributed by atoms with Gasteiger partial charge in [-0.2, -0.15) is 0 Å². The Labute approximate surface area is 90.4 Å². The summed E-state index contributed by atoms with van der Waals surface area (Å²) in [5, 5.41) is 8.48. The zero-order valence-corrected chi connectivity index (χ0v) is 9.31. The van der Waals surface area contributed by atoms with Crippen molar-refractivity contribution in [2.24, 2.45) is 0 Å². The molecule has 1 unspecified atom stereocenters. The number of ether oxygens (including phenoxy) is 1. The minimum atomic E-state index is -1.17. The molecule has 0 saturated heterocycles. The number of rotatable bonds is 10. The summed E-state index contributed by atoms with van der Waals surface area (Å²) in [6.07, 6.45) is 3.37. The largest absolute Gasteiger partial charge is 0.396 e. The van der Waals surface area contributed by atoms with Crippen molar-refractivity contribution in [2.75, 3.05) is 19.1 Å². The van der Waals surface area contributed by atoms with E-state index in [2.05, 4.69) is 0 Å². The summed E-state index contributed by atoms with van der Waals surface area (Å²) in [7, 11) is 0. The predicted octanol–water partition coefficient (Wildman–Crippen LogP) is 2.87. The molecule has 86 valence electrons. The fraction of sp³-hybridized carbons (Fsp3) is 1.00. The van der Waals surface area contributed by atoms with Crippen molar-refractivity contribution in [3.8, 4) is 0 Å². The topological polar surface area (TPSA) is 29.5 Å². The number of alkyl halides is 2. The number of hydrogen-bond acceptors (Lipinski definition) is 2. The van der Waals surface area contributed by atoms with E-state index in [-0.39, 0.29) is 6.61 Å². The van der Waals surface area contributed by atoms with Crippen LogP contribution in [0, 0.1) is 0 Å². The molecule has 1 atom stereocenters. The van der Waals surface area contributed by atoms with Crippen LogP contribution in [-0.2, 0) is 4.74 Å². The van der Waals surface area contributed by atoms with Crippen LogP contribution in [0.5, 0.6) is 0 Å². The maximum Gasteiger partial charge on any atom is 0.198 e. The molecule has 4 heteroatoms. The SMILES string of the molecule is OCCCCC(F)OCCCCCCl. The number of halogens is 2. The van der Waals surface area contributed by atoms with E-state index in [0.29, 0.717) is 31.7 Å². The second kappa shape index (κ2) is 11.2. The molecule has 2 nitrogen and oxygen atoms in total. The Hall–Kier alpha value is 0.140. The first-order chi connectivity index (χ1) is 6.81. The van der Waals surface area contributed by atoms with Gasteiger partial charge in [-0.15, -0.1) is 11.6 Å². The molecule has 0 aromatic rings. The molecular formula is C10H20ClFO2. The first-order valence-electron chi connectivity index (χ1n) is 5.23. The van der Waals surface area contributed by atoms with E-state index in [4.69, 9.17) is 21.4 Å². The summed E-state index contributed by atoms with van der Waals surface area (Å²) in [6, 6.07) is 0. The van der Waals surface area contributed by atoms with Gasteiger partial charge in [0, 0.05) is 18.9 Å². The zero-order valence-electron chi connectivity index (χ0n) is 8.55. The lowest BCUT2D eigenvalue weighted by atomic mass is 10.2. The molecule has 14 heavy (non-hydrogen) atoms. The lowest BCUT2D eigenvalue weighted by molar-refractivity contribution is -0.0462. The zero-order chi connectivity index (χ0) is 10.6. The van der Waals surface area contributed by atoms with E-state index in [9.17, 15) is 4.39 Å². The van der Waals surface area contributed by atoms with E-state index < -0.39 is 6.36 Å². The van der Waals surface area contributed by atoms with E-state index in [1.165, 1.54) is 0 Å². The van der Waals surface area contributed by atoms with Gasteiger partial charge in [0.2, 0.25) is 0 Å². The average Bonchev–Trinajstić information content (AvgIpc) is 2.18. The van der Waals surface area contributed by atoms with E-state index in [0.717, 1.165) is 19.3 Å². The van der Waals surface area contributed by atoms with Gasteiger partial charge >= 0.3 is 0 Å². The fourth-order valence-electron chi connectivity index (χ4n) is 1.08. The monoisotopic (exact) mass is 226 g/mol. The highest BCUT2D eigenvalue weighted by molar-refractivity contribution is 6.17. The Kier molecular flexibility index (Phi) is 11.3. The normalized spacial score (nSPS) is 13.1. The van der Waals surface area contributed by atoms with Gasteiger partial charge in [0.15, 0.2) is 6.36 Å². The second-order valence-electron chi connectivity index (χ2n) is 3.25. The lowest BCUT2D eigenvalue weighted by Gasteiger charge is -2.08. The molecule has 0 rings (SSSR count). The lowest BCUT2D eigenvalue weighted by Crippen LogP contribution is -2.07. The summed E-state index contributed by atoms with van der Waals surface area (Å²) in [6.45, 7) is 0.597. The Morgan fingerprint density at radius 2 is 1.93 bits per heavy atom. The van der Waals surface area contributed by atoms with Crippen LogP contribution in [0.3, 0.4) is 0 Å². The minimum Gasteiger partial charge on any atom is -0.396 e. The summed E-state index contributed by atoms with van der Waals surface area (Å²) in [5.41, 5.74) is 0. The van der Waals surface area contributed by atoms with Crippen LogP contribution in [0.25, 0.3) is 0 Å². The number of hydrogen-bond donors (Lipinski definition) is 1. The van der Waals surface area contributed by atoms with E-state index in [1.54, 1.807) is 0 Å². The van der Waals surface area contributed by atoms with Gasteiger partial charge in [-0.3, -0.25) is 0 Å². The van der Waals surface area contributed by atoms with Gasteiger partial charge in [0.1, 0.15) is 0 Å². The van der Waals surface area contributed by atoms with Crippen LogP contribution in [0.1, 0.15) is 38.5 Å². The Bertz CT molecular complexity index is 114. The van der Waals surface area contributed by atoms with Gasteiger partial charge in [0.05, 0.1) is 6.61 Å². The summed E-state index contributed by atoms with van der Waals surface area (Å²) < 4.78 is 17.8. The summed E-state index contributed by atoms with van der Waals surface area (Å²) in [4.78, 5) is 0. The van der Waals surface area contributed by atoms with Crippen molar-refractivity contribution in [3.05, 3.63) is 0 Å². The van der Waals surface area contributed by atoms with Gasteiger partial charge in [-0.1, -0.05) is 0 Å². The average molecular weight is 227 g/mol. The molecule has 0 aliphatic rings. The number of unbranched alkanes of at least 4 members (excludes halogenated alkanes) is 3. The van der Waals surface area contributed by atoms with Crippen molar-refractivity contribution in [1.82, 2.24) is 0 Å². The van der Waals surface area contributed by atoms with Crippen LogP contribution >= 0.6 is 11.6 Å². The van der Waals surface area contributed by atoms with E-state index >= 15 is 0 Å². The van der Waals surface area contributed by atoms with Gasteiger partial charge in [0.25, 0.3) is 0 Å². The van der Waals surface area contributed by atoms with Gasteiger partial charge in [-0.25, -0.2) is 4.39 Å². The molecule has 0 spiro atoms.